The van der Waals surface area contributed by atoms with Gasteiger partial charge in [-0.15, -0.1) is 11.3 Å². The average Bonchev–Trinajstić information content (AvgIpc) is 2.89. The van der Waals surface area contributed by atoms with Crippen molar-refractivity contribution in [3.05, 3.63) is 46.0 Å². The van der Waals surface area contributed by atoms with Crippen LogP contribution in [0.4, 0.5) is 0 Å². The van der Waals surface area contributed by atoms with Gasteiger partial charge in [0, 0.05) is 16.9 Å². The normalized spacial score (nSPS) is 25.1. The molecule has 0 fully saturated rings. The Morgan fingerprint density at radius 2 is 2.33 bits per heavy atom. The van der Waals surface area contributed by atoms with E-state index in [9.17, 15) is 5.11 Å². The van der Waals surface area contributed by atoms with E-state index in [2.05, 4.69) is 0 Å². The highest BCUT2D eigenvalue weighted by Gasteiger charge is 2.38. The van der Waals surface area contributed by atoms with Crippen LogP contribution in [0.2, 0.25) is 0 Å². The van der Waals surface area contributed by atoms with Gasteiger partial charge in [-0.3, -0.25) is 0 Å². The lowest BCUT2D eigenvalue weighted by molar-refractivity contribution is 0.0626. The Morgan fingerprint density at radius 1 is 1.40 bits per heavy atom. The van der Waals surface area contributed by atoms with Crippen molar-refractivity contribution in [3.63, 3.8) is 0 Å². The molecule has 0 spiro atoms. The van der Waals surface area contributed by atoms with Gasteiger partial charge in [0.25, 0.3) is 0 Å². The largest absolute Gasteiger partial charge is 0.469 e. The maximum atomic E-state index is 10.7. The van der Waals surface area contributed by atoms with Crippen molar-refractivity contribution in [2.75, 3.05) is 0 Å². The zero-order chi connectivity index (χ0) is 10.3. The number of fused-ring (bicyclic) bond motifs is 1. The molecule has 15 heavy (non-hydrogen) atoms. The number of furan rings is 1. The number of hydrogen-bond acceptors (Lipinski definition) is 3. The molecule has 1 aliphatic carbocycles. The van der Waals surface area contributed by atoms with Crippen molar-refractivity contribution in [1.29, 1.82) is 0 Å². The summed E-state index contributed by atoms with van der Waals surface area (Å²) in [4.78, 5) is 1.02. The first-order valence-corrected chi connectivity index (χ1v) is 6.02. The molecule has 2 aromatic rings. The minimum Gasteiger partial charge on any atom is -0.469 e. The molecule has 2 nitrogen and oxygen atoms in total. The van der Waals surface area contributed by atoms with E-state index in [0.29, 0.717) is 0 Å². The van der Waals surface area contributed by atoms with Crippen LogP contribution >= 0.6 is 11.3 Å². The molecule has 2 heterocycles. The molecule has 0 saturated heterocycles. The van der Waals surface area contributed by atoms with E-state index in [4.69, 9.17) is 4.42 Å². The lowest BCUT2D eigenvalue weighted by Crippen LogP contribution is -2.29. The fourth-order valence-electron chi connectivity index (χ4n) is 2.31. The second-order valence-corrected chi connectivity index (χ2v) is 4.90. The Kier molecular flexibility index (Phi) is 1.97. The van der Waals surface area contributed by atoms with Gasteiger partial charge in [-0.2, -0.15) is 0 Å². The van der Waals surface area contributed by atoms with E-state index >= 15 is 0 Å². The Balaban J connectivity index is 2.15. The zero-order valence-electron chi connectivity index (χ0n) is 8.27. The number of aryl methyl sites for hydroxylation is 1. The third-order valence-corrected chi connectivity index (χ3v) is 4.08. The maximum absolute atomic E-state index is 10.7. The fourth-order valence-corrected chi connectivity index (χ4v) is 3.18. The van der Waals surface area contributed by atoms with Crippen LogP contribution in [0.25, 0.3) is 0 Å². The Hall–Kier alpha value is -1.06. The summed E-state index contributed by atoms with van der Waals surface area (Å²) >= 11 is 1.60. The molecule has 0 bridgehead atoms. The van der Waals surface area contributed by atoms with Crippen molar-refractivity contribution in [3.8, 4) is 0 Å². The molecular formula is C12H12O2S. The Morgan fingerprint density at radius 3 is 3.13 bits per heavy atom. The number of thiophene rings is 1. The van der Waals surface area contributed by atoms with Crippen LogP contribution in [0, 0.1) is 0 Å². The third-order valence-electron chi connectivity index (χ3n) is 3.06. The maximum Gasteiger partial charge on any atom is 0.127 e. The monoisotopic (exact) mass is 220 g/mol. The van der Waals surface area contributed by atoms with Crippen molar-refractivity contribution in [2.45, 2.75) is 24.9 Å². The van der Waals surface area contributed by atoms with Gasteiger partial charge in [0.1, 0.15) is 11.4 Å². The summed E-state index contributed by atoms with van der Waals surface area (Å²) in [5, 5.41) is 12.7. The quantitative estimate of drug-likeness (QED) is 0.801. The molecule has 1 N–H and O–H groups in total. The SMILES string of the molecule is OC1(c2cccs2)CCCc2occc21. The van der Waals surface area contributed by atoms with Gasteiger partial charge in [-0.05, 0) is 30.4 Å². The van der Waals surface area contributed by atoms with Gasteiger partial charge in [-0.1, -0.05) is 6.07 Å². The molecule has 1 unspecified atom stereocenters. The molecule has 0 amide bonds. The van der Waals surface area contributed by atoms with Gasteiger partial charge in [0.15, 0.2) is 0 Å². The molecule has 0 aliphatic heterocycles. The highest BCUT2D eigenvalue weighted by Crippen LogP contribution is 2.42. The first kappa shape index (κ1) is 9.19. The first-order valence-electron chi connectivity index (χ1n) is 5.14. The summed E-state index contributed by atoms with van der Waals surface area (Å²) in [5.74, 6) is 0.942. The Bertz CT molecular complexity index is 458. The molecule has 0 aromatic carbocycles. The van der Waals surface area contributed by atoms with Crippen LogP contribution in [0.5, 0.6) is 0 Å². The molecule has 0 radical (unpaired) electrons. The van der Waals surface area contributed by atoms with Crippen LogP contribution < -0.4 is 0 Å². The summed E-state index contributed by atoms with van der Waals surface area (Å²) in [6.07, 6.45) is 4.39. The second kappa shape index (κ2) is 3.22. The minimum absolute atomic E-state index is 0.792. The van der Waals surface area contributed by atoms with E-state index in [1.54, 1.807) is 17.6 Å². The molecule has 3 heteroatoms. The summed E-state index contributed by atoms with van der Waals surface area (Å²) in [5.41, 5.74) is 0.144. The van der Waals surface area contributed by atoms with Crippen LogP contribution in [-0.2, 0) is 12.0 Å². The van der Waals surface area contributed by atoms with Crippen LogP contribution in [-0.4, -0.2) is 5.11 Å². The van der Waals surface area contributed by atoms with Crippen molar-refractivity contribution in [1.82, 2.24) is 0 Å². The number of rotatable bonds is 1. The number of hydrogen-bond donors (Lipinski definition) is 1. The standard InChI is InChI=1S/C12H12O2S/c13-12(11-4-2-8-15-11)6-1-3-10-9(12)5-7-14-10/h2,4-5,7-8,13H,1,3,6H2. The highest BCUT2D eigenvalue weighted by molar-refractivity contribution is 7.10. The summed E-state index contributed by atoms with van der Waals surface area (Å²) in [6, 6.07) is 5.87. The predicted molar refractivity (Wildman–Crippen MR) is 59.0 cm³/mol. The predicted octanol–water partition coefficient (Wildman–Crippen LogP) is 2.91. The molecule has 2 aromatic heterocycles. The van der Waals surface area contributed by atoms with Crippen molar-refractivity contribution < 1.29 is 9.52 Å². The zero-order valence-corrected chi connectivity index (χ0v) is 9.09. The fraction of sp³-hybridized carbons (Fsp3) is 0.333. The topological polar surface area (TPSA) is 33.4 Å². The minimum atomic E-state index is -0.811. The summed E-state index contributed by atoms with van der Waals surface area (Å²) < 4.78 is 5.39. The second-order valence-electron chi connectivity index (χ2n) is 3.95. The van der Waals surface area contributed by atoms with Crippen molar-refractivity contribution in [2.24, 2.45) is 0 Å². The van der Waals surface area contributed by atoms with Crippen molar-refractivity contribution >= 4 is 11.3 Å². The van der Waals surface area contributed by atoms with Gasteiger partial charge >= 0.3 is 0 Å². The number of aliphatic hydroxyl groups is 1. The van der Waals surface area contributed by atoms with Gasteiger partial charge < -0.3 is 9.52 Å². The lowest BCUT2D eigenvalue weighted by atomic mass is 9.82. The van der Waals surface area contributed by atoms with E-state index in [1.165, 1.54) is 0 Å². The first-order chi connectivity index (χ1) is 7.31. The Labute approximate surface area is 92.2 Å². The van der Waals surface area contributed by atoms with E-state index in [0.717, 1.165) is 35.5 Å². The summed E-state index contributed by atoms with van der Waals surface area (Å²) in [6.45, 7) is 0. The summed E-state index contributed by atoms with van der Waals surface area (Å²) in [7, 11) is 0. The van der Waals surface area contributed by atoms with Crippen LogP contribution in [0.1, 0.15) is 29.0 Å². The van der Waals surface area contributed by atoms with Gasteiger partial charge in [-0.25, -0.2) is 0 Å². The van der Waals surface area contributed by atoms with Crippen LogP contribution in [0.15, 0.2) is 34.3 Å². The lowest BCUT2D eigenvalue weighted by Gasteiger charge is -2.30. The van der Waals surface area contributed by atoms with E-state index < -0.39 is 5.60 Å². The van der Waals surface area contributed by atoms with Gasteiger partial charge in [0.2, 0.25) is 0 Å². The van der Waals surface area contributed by atoms with E-state index in [1.807, 2.05) is 23.6 Å². The average molecular weight is 220 g/mol. The highest BCUT2D eigenvalue weighted by atomic mass is 32.1. The third kappa shape index (κ3) is 1.27. The van der Waals surface area contributed by atoms with Crippen LogP contribution in [0.3, 0.4) is 0 Å². The smallest absolute Gasteiger partial charge is 0.127 e. The molecular weight excluding hydrogens is 208 g/mol. The molecule has 78 valence electrons. The molecule has 3 rings (SSSR count). The molecule has 0 saturated carbocycles. The molecule has 1 aliphatic rings. The molecule has 1 atom stereocenters. The van der Waals surface area contributed by atoms with Gasteiger partial charge in [0.05, 0.1) is 6.26 Å². The van der Waals surface area contributed by atoms with E-state index in [-0.39, 0.29) is 0 Å².